The number of unbranched alkanes of at least 4 members (excludes halogenated alkanes) is 1. The van der Waals surface area contributed by atoms with Gasteiger partial charge in [0.05, 0.1) is 19.3 Å². The Balaban J connectivity index is 2.59. The third-order valence-corrected chi connectivity index (χ3v) is 5.14. The van der Waals surface area contributed by atoms with Crippen LogP contribution >= 0.6 is 0 Å². The highest BCUT2D eigenvalue weighted by Crippen LogP contribution is 2.38. The Morgan fingerprint density at radius 2 is 2.04 bits per heavy atom. The van der Waals surface area contributed by atoms with Crippen molar-refractivity contribution in [1.82, 2.24) is 0 Å². The first kappa shape index (κ1) is 22.3. The maximum atomic E-state index is 10.5. The van der Waals surface area contributed by atoms with Crippen molar-refractivity contribution < 1.29 is 23.8 Å². The average molecular weight is 373 g/mol. The molecule has 1 N–H and O–H groups in total. The van der Waals surface area contributed by atoms with Crippen LogP contribution < -0.4 is 0 Å². The molecule has 0 radical (unpaired) electrons. The molecule has 1 saturated heterocycles. The minimum atomic E-state index is -1.11. The second kappa shape index (κ2) is 9.85. The van der Waals surface area contributed by atoms with Gasteiger partial charge in [0.25, 0.3) is 0 Å². The van der Waals surface area contributed by atoms with Crippen LogP contribution in [0.1, 0.15) is 53.4 Å². The molecule has 0 aromatic heterocycles. The Labute approximate surface area is 154 Å². The Morgan fingerprint density at radius 1 is 1.36 bits per heavy atom. The Kier molecular flexibility index (Phi) is 8.81. The van der Waals surface area contributed by atoms with Gasteiger partial charge in [-0.1, -0.05) is 32.9 Å². The maximum absolute atomic E-state index is 10.5. The molecule has 6 heteroatoms. The molecule has 0 unspecified atom stereocenters. The van der Waals surface area contributed by atoms with Gasteiger partial charge < -0.3 is 19.0 Å². The highest BCUT2D eigenvalue weighted by atomic mass is 28.3. The lowest BCUT2D eigenvalue weighted by Gasteiger charge is -2.47. The van der Waals surface area contributed by atoms with Gasteiger partial charge in [-0.25, -0.2) is 0 Å². The summed E-state index contributed by atoms with van der Waals surface area (Å²) in [6.45, 7) is 14.0. The van der Waals surface area contributed by atoms with E-state index in [-0.39, 0.29) is 17.9 Å². The number of carbonyl (C=O) groups is 1. The molecule has 0 amide bonds. The summed E-state index contributed by atoms with van der Waals surface area (Å²) in [4.78, 5) is 10.5. The van der Waals surface area contributed by atoms with E-state index in [0.29, 0.717) is 25.6 Å². The molecule has 1 fully saturated rings. The zero-order valence-electron chi connectivity index (χ0n) is 16.7. The second-order valence-corrected chi connectivity index (χ2v) is 10.9. The smallest absolute Gasteiger partial charge is 0.303 e. The fourth-order valence-electron chi connectivity index (χ4n) is 3.00. The summed E-state index contributed by atoms with van der Waals surface area (Å²) in [6, 6.07) is 0. The van der Waals surface area contributed by atoms with E-state index in [4.69, 9.17) is 19.0 Å². The molecule has 1 aliphatic rings. The Morgan fingerprint density at radius 3 is 2.60 bits per heavy atom. The summed E-state index contributed by atoms with van der Waals surface area (Å²) >= 11 is 0. The van der Waals surface area contributed by atoms with Gasteiger partial charge >= 0.3 is 5.97 Å². The lowest BCUT2D eigenvalue weighted by Crippen LogP contribution is -2.54. The summed E-state index contributed by atoms with van der Waals surface area (Å²) in [5.74, 6) is -1.11. The Hall–Kier alpha value is -0.693. The molecule has 0 aromatic rings. The molecular weight excluding hydrogens is 336 g/mol. The first-order chi connectivity index (χ1) is 11.5. The molecule has 1 heterocycles. The zero-order chi connectivity index (χ0) is 19.1. The van der Waals surface area contributed by atoms with E-state index >= 15 is 0 Å². The first-order valence-corrected chi connectivity index (χ1v) is 12.1. The number of hydrogen-bond acceptors (Lipinski definition) is 4. The summed E-state index contributed by atoms with van der Waals surface area (Å²) in [7, 11) is -1.11. The van der Waals surface area contributed by atoms with Gasteiger partial charge in [0, 0.05) is 12.3 Å². The van der Waals surface area contributed by atoms with Crippen LogP contribution in [-0.4, -0.2) is 45.2 Å². The van der Waals surface area contributed by atoms with Gasteiger partial charge in [-0.15, -0.1) is 0 Å². The van der Waals surface area contributed by atoms with Crippen molar-refractivity contribution in [2.75, 3.05) is 13.2 Å². The van der Waals surface area contributed by atoms with Crippen molar-refractivity contribution in [2.24, 2.45) is 11.3 Å². The molecule has 146 valence electrons. The highest BCUT2D eigenvalue weighted by molar-refractivity contribution is 6.48. The van der Waals surface area contributed by atoms with Crippen LogP contribution in [0.25, 0.3) is 0 Å². The van der Waals surface area contributed by atoms with Crippen LogP contribution in [0, 0.1) is 11.3 Å². The largest absolute Gasteiger partial charge is 0.481 e. The highest BCUT2D eigenvalue weighted by Gasteiger charge is 2.44. The number of ether oxygens (including phenoxy) is 2. The lowest BCUT2D eigenvalue weighted by molar-refractivity contribution is -0.327. The van der Waals surface area contributed by atoms with Crippen LogP contribution in [0.15, 0.2) is 12.2 Å². The van der Waals surface area contributed by atoms with Gasteiger partial charge in [-0.2, -0.15) is 0 Å². The van der Waals surface area contributed by atoms with Crippen LogP contribution in [0.3, 0.4) is 0 Å². The van der Waals surface area contributed by atoms with Crippen LogP contribution in [0.4, 0.5) is 0 Å². The fraction of sp³-hybridized carbons (Fsp3) is 0.842. The minimum absolute atomic E-state index is 0.0160. The van der Waals surface area contributed by atoms with Gasteiger partial charge in [0.15, 0.2) is 14.8 Å². The fourth-order valence-corrected chi connectivity index (χ4v) is 3.63. The SMILES string of the molecule is C[SiH](C)OC[C@]1(C)OC[C@H](CC=CCCCC(=O)O)[C@H](C(C)(C)C)O1. The molecule has 0 spiro atoms. The predicted octanol–water partition coefficient (Wildman–Crippen LogP) is 3.98. The van der Waals surface area contributed by atoms with E-state index < -0.39 is 20.8 Å². The Bertz CT molecular complexity index is 444. The molecular formula is C19H36O5Si. The molecule has 0 aromatic carbocycles. The third-order valence-electron chi connectivity index (χ3n) is 4.31. The van der Waals surface area contributed by atoms with E-state index in [2.05, 4.69) is 46.0 Å². The lowest BCUT2D eigenvalue weighted by atomic mass is 9.79. The quantitative estimate of drug-likeness (QED) is 0.377. The zero-order valence-corrected chi connectivity index (χ0v) is 17.9. The number of rotatable bonds is 9. The van der Waals surface area contributed by atoms with E-state index in [1.165, 1.54) is 0 Å². The van der Waals surface area contributed by atoms with Crippen LogP contribution in [-0.2, 0) is 18.7 Å². The number of carboxylic acid groups (broad SMARTS) is 1. The van der Waals surface area contributed by atoms with Crippen molar-refractivity contribution in [2.45, 2.75) is 78.4 Å². The van der Waals surface area contributed by atoms with E-state index in [1.807, 2.05) is 6.92 Å². The number of allylic oxidation sites excluding steroid dienone is 2. The summed E-state index contributed by atoms with van der Waals surface area (Å²) in [5.41, 5.74) is 0.0160. The molecule has 1 rings (SSSR count). The molecule has 1 aliphatic heterocycles. The second-order valence-electron chi connectivity index (χ2n) is 8.46. The first-order valence-electron chi connectivity index (χ1n) is 9.33. The topological polar surface area (TPSA) is 65.0 Å². The summed E-state index contributed by atoms with van der Waals surface area (Å²) in [6.07, 6.45) is 6.88. The average Bonchev–Trinajstić information content (AvgIpc) is 2.49. The molecule has 0 aliphatic carbocycles. The number of hydrogen-bond donors (Lipinski definition) is 1. The predicted molar refractivity (Wildman–Crippen MR) is 102 cm³/mol. The third kappa shape index (κ3) is 8.49. The van der Waals surface area contributed by atoms with E-state index in [0.717, 1.165) is 12.8 Å². The van der Waals surface area contributed by atoms with Crippen molar-refractivity contribution >= 4 is 15.0 Å². The minimum Gasteiger partial charge on any atom is -0.481 e. The normalized spacial score (nSPS) is 28.0. The molecule has 0 bridgehead atoms. The molecule has 5 nitrogen and oxygen atoms in total. The van der Waals surface area contributed by atoms with Crippen molar-refractivity contribution in [3.8, 4) is 0 Å². The van der Waals surface area contributed by atoms with Gasteiger partial charge in [0.1, 0.15) is 0 Å². The van der Waals surface area contributed by atoms with Crippen molar-refractivity contribution in [3.63, 3.8) is 0 Å². The summed E-state index contributed by atoms with van der Waals surface area (Å²) < 4.78 is 18.3. The van der Waals surface area contributed by atoms with Crippen molar-refractivity contribution in [1.29, 1.82) is 0 Å². The molecule has 0 saturated carbocycles. The molecule has 3 atom stereocenters. The maximum Gasteiger partial charge on any atom is 0.303 e. The van der Waals surface area contributed by atoms with Gasteiger partial charge in [-0.3, -0.25) is 4.79 Å². The number of carboxylic acids is 1. The van der Waals surface area contributed by atoms with Gasteiger partial charge in [0.2, 0.25) is 0 Å². The number of aliphatic carboxylic acids is 1. The van der Waals surface area contributed by atoms with Crippen LogP contribution in [0.5, 0.6) is 0 Å². The monoisotopic (exact) mass is 372 g/mol. The van der Waals surface area contributed by atoms with Gasteiger partial charge in [-0.05, 0) is 44.7 Å². The standard InChI is InChI=1S/C19H36O5Si/c1-18(2,3)17-15(11-9-7-8-10-12-16(20)21)13-22-19(4,24-17)14-23-25(5)6/h7,9,15,17,25H,8,10-14H2,1-6H3,(H,20,21)/t15-,17+,19+/m0/s1. The van der Waals surface area contributed by atoms with Crippen molar-refractivity contribution in [3.05, 3.63) is 12.2 Å². The summed E-state index contributed by atoms with van der Waals surface area (Å²) in [5, 5.41) is 8.66. The van der Waals surface area contributed by atoms with E-state index in [9.17, 15) is 4.79 Å². The van der Waals surface area contributed by atoms with E-state index in [1.54, 1.807) is 0 Å². The molecule has 25 heavy (non-hydrogen) atoms. The van der Waals surface area contributed by atoms with Crippen LogP contribution in [0.2, 0.25) is 13.1 Å².